The van der Waals surface area contributed by atoms with Gasteiger partial charge in [0.2, 0.25) is 0 Å². The molecule has 20 heavy (non-hydrogen) atoms. The molecular weight excluding hydrogens is 279 g/mol. The van der Waals surface area contributed by atoms with Crippen molar-refractivity contribution in [3.63, 3.8) is 0 Å². The fraction of sp³-hybridized carbons (Fsp3) is 0.857. The number of carbonyl (C=O) groups is 2. The van der Waals surface area contributed by atoms with E-state index in [1.54, 1.807) is 13.8 Å². The normalized spacial score (nSPS) is 12.4. The molecule has 0 aliphatic carbocycles. The lowest BCUT2D eigenvalue weighted by atomic mass is 9.88. The van der Waals surface area contributed by atoms with Crippen LogP contribution in [0, 0.1) is 5.41 Å². The largest absolute Gasteiger partial charge is 0.338 e. The molecule has 0 unspecified atom stereocenters. The van der Waals surface area contributed by atoms with E-state index in [-0.39, 0.29) is 42.8 Å². The van der Waals surface area contributed by atoms with E-state index >= 15 is 0 Å². The van der Waals surface area contributed by atoms with Gasteiger partial charge in [-0.3, -0.25) is 14.2 Å². The van der Waals surface area contributed by atoms with Crippen molar-refractivity contribution in [3.8, 4) is 0 Å². The maximum absolute atomic E-state index is 12.1. The standard InChI is InChI=1S/C14H27O5P/c1-6-18-20(17,19-7-2)11-12(15)9-8-10-13(16)14(3,4)5/h6-11H2,1-5H3. The first-order chi connectivity index (χ1) is 9.14. The first-order valence-electron chi connectivity index (χ1n) is 7.07. The van der Waals surface area contributed by atoms with Gasteiger partial charge in [-0.25, -0.2) is 0 Å². The maximum atomic E-state index is 12.1. The third-order valence-corrected chi connectivity index (χ3v) is 4.76. The SMILES string of the molecule is CCOP(=O)(CC(=O)CCCC(=O)C(C)(C)C)OCC. The molecular formula is C14H27O5P. The lowest BCUT2D eigenvalue weighted by Crippen LogP contribution is -2.20. The molecule has 0 N–H and O–H groups in total. The van der Waals surface area contributed by atoms with Gasteiger partial charge in [-0.1, -0.05) is 20.8 Å². The van der Waals surface area contributed by atoms with E-state index in [2.05, 4.69) is 0 Å². The molecule has 0 fully saturated rings. The lowest BCUT2D eigenvalue weighted by Gasteiger charge is -2.17. The predicted octanol–water partition coefficient (Wildman–Crippen LogP) is 3.61. The summed E-state index contributed by atoms with van der Waals surface area (Å²) in [6, 6.07) is 0. The van der Waals surface area contributed by atoms with E-state index in [0.717, 1.165) is 0 Å². The molecule has 0 aromatic rings. The Morgan fingerprint density at radius 1 is 1.00 bits per heavy atom. The number of ketones is 2. The third kappa shape index (κ3) is 7.93. The highest BCUT2D eigenvalue weighted by Gasteiger charge is 2.27. The summed E-state index contributed by atoms with van der Waals surface area (Å²) in [5, 5.41) is 0. The zero-order valence-corrected chi connectivity index (χ0v) is 14.1. The zero-order valence-electron chi connectivity index (χ0n) is 13.2. The summed E-state index contributed by atoms with van der Waals surface area (Å²) in [5.74, 6) is -0.0555. The Balaban J connectivity index is 4.22. The van der Waals surface area contributed by atoms with E-state index in [1.165, 1.54) is 0 Å². The molecule has 0 saturated heterocycles. The molecule has 0 spiro atoms. The van der Waals surface area contributed by atoms with E-state index in [9.17, 15) is 14.2 Å². The monoisotopic (exact) mass is 306 g/mol. The van der Waals surface area contributed by atoms with Crippen molar-refractivity contribution in [3.05, 3.63) is 0 Å². The Bertz CT molecular complexity index is 360. The van der Waals surface area contributed by atoms with Crippen LogP contribution in [0.4, 0.5) is 0 Å². The Morgan fingerprint density at radius 3 is 1.90 bits per heavy atom. The molecule has 0 amide bonds. The Labute approximate surface area is 121 Å². The van der Waals surface area contributed by atoms with Gasteiger partial charge in [-0.2, -0.15) is 0 Å². The minimum atomic E-state index is -3.31. The summed E-state index contributed by atoms with van der Waals surface area (Å²) >= 11 is 0. The van der Waals surface area contributed by atoms with Crippen molar-refractivity contribution in [2.45, 2.75) is 53.9 Å². The second-order valence-corrected chi connectivity index (χ2v) is 7.72. The van der Waals surface area contributed by atoms with Crippen molar-refractivity contribution in [1.82, 2.24) is 0 Å². The van der Waals surface area contributed by atoms with E-state index < -0.39 is 7.60 Å². The van der Waals surface area contributed by atoms with Crippen molar-refractivity contribution in [2.75, 3.05) is 19.4 Å². The summed E-state index contributed by atoms with van der Waals surface area (Å²) in [6.07, 6.45) is 0.861. The fourth-order valence-electron chi connectivity index (χ4n) is 1.64. The summed E-state index contributed by atoms with van der Waals surface area (Å²) in [6.45, 7) is 9.47. The predicted molar refractivity (Wildman–Crippen MR) is 79.0 cm³/mol. The van der Waals surface area contributed by atoms with Gasteiger partial charge in [-0.05, 0) is 20.3 Å². The van der Waals surface area contributed by atoms with Gasteiger partial charge in [0.1, 0.15) is 17.7 Å². The van der Waals surface area contributed by atoms with E-state index in [4.69, 9.17) is 9.05 Å². The van der Waals surface area contributed by atoms with Crippen molar-refractivity contribution < 1.29 is 23.2 Å². The summed E-state index contributed by atoms with van der Waals surface area (Å²) in [4.78, 5) is 23.5. The molecule has 0 heterocycles. The van der Waals surface area contributed by atoms with Crippen LogP contribution in [0.15, 0.2) is 0 Å². The van der Waals surface area contributed by atoms with Gasteiger partial charge < -0.3 is 9.05 Å². The van der Waals surface area contributed by atoms with Crippen LogP contribution in [0.25, 0.3) is 0 Å². The maximum Gasteiger partial charge on any atom is 0.338 e. The summed E-state index contributed by atoms with van der Waals surface area (Å²) in [5.41, 5.74) is -0.380. The van der Waals surface area contributed by atoms with Gasteiger partial charge in [0, 0.05) is 18.3 Å². The van der Waals surface area contributed by atoms with Crippen LogP contribution < -0.4 is 0 Å². The van der Waals surface area contributed by atoms with Crippen molar-refractivity contribution >= 4 is 19.2 Å². The Kier molecular flexibility index (Phi) is 8.48. The molecule has 0 radical (unpaired) electrons. The molecule has 6 heteroatoms. The molecule has 0 aliphatic heterocycles. The number of rotatable bonds is 10. The highest BCUT2D eigenvalue weighted by Crippen LogP contribution is 2.48. The molecule has 0 rings (SSSR count). The second kappa shape index (κ2) is 8.71. The molecule has 0 saturated carbocycles. The first-order valence-corrected chi connectivity index (χ1v) is 8.80. The number of carbonyl (C=O) groups excluding carboxylic acids is 2. The van der Waals surface area contributed by atoms with Gasteiger partial charge >= 0.3 is 7.60 Å². The smallest absolute Gasteiger partial charge is 0.309 e. The van der Waals surface area contributed by atoms with Crippen molar-refractivity contribution in [2.24, 2.45) is 5.41 Å². The Morgan fingerprint density at radius 2 is 1.50 bits per heavy atom. The fourth-order valence-corrected chi connectivity index (χ4v) is 3.27. The van der Waals surface area contributed by atoms with Crippen molar-refractivity contribution in [1.29, 1.82) is 0 Å². The molecule has 118 valence electrons. The highest BCUT2D eigenvalue weighted by molar-refractivity contribution is 7.54. The molecule has 0 atom stereocenters. The number of Topliss-reactive ketones (excluding diaryl/α,β-unsaturated/α-hetero) is 2. The van der Waals surface area contributed by atoms with Gasteiger partial charge in [0.15, 0.2) is 0 Å². The molecule has 0 aliphatic rings. The van der Waals surface area contributed by atoms with Crippen LogP contribution in [-0.2, 0) is 23.2 Å². The van der Waals surface area contributed by atoms with E-state index in [1.807, 2.05) is 20.8 Å². The molecule has 0 bridgehead atoms. The van der Waals surface area contributed by atoms with Crippen LogP contribution in [0.3, 0.4) is 0 Å². The molecule has 5 nitrogen and oxygen atoms in total. The number of hydrogen-bond acceptors (Lipinski definition) is 5. The van der Waals surface area contributed by atoms with Gasteiger partial charge in [0.05, 0.1) is 13.2 Å². The average Bonchev–Trinajstić information content (AvgIpc) is 2.27. The van der Waals surface area contributed by atoms with Crippen LogP contribution in [-0.4, -0.2) is 30.9 Å². The topological polar surface area (TPSA) is 69.7 Å². The Hall–Kier alpha value is -0.510. The average molecular weight is 306 g/mol. The quantitative estimate of drug-likeness (QED) is 0.577. The lowest BCUT2D eigenvalue weighted by molar-refractivity contribution is -0.126. The van der Waals surface area contributed by atoms with Crippen LogP contribution >= 0.6 is 7.60 Å². The number of hydrogen-bond donors (Lipinski definition) is 0. The zero-order chi connectivity index (χ0) is 15.8. The molecule has 0 aromatic carbocycles. The minimum absolute atomic E-state index is 0.128. The van der Waals surface area contributed by atoms with Crippen LogP contribution in [0.1, 0.15) is 53.9 Å². The second-order valence-electron chi connectivity index (χ2n) is 5.67. The first kappa shape index (κ1) is 19.5. The minimum Gasteiger partial charge on any atom is -0.309 e. The molecule has 0 aromatic heterocycles. The van der Waals surface area contributed by atoms with Crippen LogP contribution in [0.2, 0.25) is 0 Å². The summed E-state index contributed by atoms with van der Waals surface area (Å²) in [7, 11) is -3.31. The highest BCUT2D eigenvalue weighted by atomic mass is 31.2. The van der Waals surface area contributed by atoms with Gasteiger partial charge in [0.25, 0.3) is 0 Å². The summed E-state index contributed by atoms with van der Waals surface area (Å²) < 4.78 is 22.3. The van der Waals surface area contributed by atoms with E-state index in [0.29, 0.717) is 12.8 Å². The third-order valence-electron chi connectivity index (χ3n) is 2.72. The van der Waals surface area contributed by atoms with Crippen LogP contribution in [0.5, 0.6) is 0 Å². The van der Waals surface area contributed by atoms with Gasteiger partial charge in [-0.15, -0.1) is 0 Å².